The van der Waals surface area contributed by atoms with Crippen LogP contribution in [0.1, 0.15) is 5.69 Å². The molecular weight excluding hydrogens is 218 g/mol. The molecule has 5 nitrogen and oxygen atoms in total. The van der Waals surface area contributed by atoms with Gasteiger partial charge in [-0.2, -0.15) is 0 Å². The van der Waals surface area contributed by atoms with Crippen LogP contribution in [-0.4, -0.2) is 10.1 Å². The molecule has 0 radical (unpaired) electrons. The Hall–Kier alpha value is -2.61. The Labute approximate surface area is 97.2 Å². The number of phenols is 1. The maximum Gasteiger partial charge on any atom is 0.453 e. The number of hydrogen-bond acceptors (Lipinski definition) is 3. The Morgan fingerprint density at radius 1 is 1.35 bits per heavy atom. The molecule has 0 aliphatic rings. The summed E-state index contributed by atoms with van der Waals surface area (Å²) in [5.74, 6) is 0.170. The Balaban J connectivity index is 2.64. The first-order valence-corrected chi connectivity index (χ1v) is 4.97. The average molecular weight is 228 g/mol. The zero-order chi connectivity index (χ0) is 12.4. The van der Waals surface area contributed by atoms with E-state index in [2.05, 4.69) is 4.98 Å². The molecule has 0 saturated carbocycles. The number of aromatic nitrogens is 2. The maximum absolute atomic E-state index is 11.4. The molecule has 0 bridgehead atoms. The summed E-state index contributed by atoms with van der Waals surface area (Å²) >= 11 is 0. The number of benzene rings is 1. The number of aromatic hydroxyl groups is 1. The first-order valence-electron chi connectivity index (χ1n) is 4.97. The van der Waals surface area contributed by atoms with Gasteiger partial charge in [0.25, 0.3) is 0 Å². The van der Waals surface area contributed by atoms with Crippen molar-refractivity contribution in [3.63, 3.8) is 0 Å². The van der Waals surface area contributed by atoms with Gasteiger partial charge in [0.05, 0.1) is 11.9 Å². The molecule has 0 atom stereocenters. The molecule has 84 valence electrons. The van der Waals surface area contributed by atoms with Crippen LogP contribution in [0.2, 0.25) is 0 Å². The van der Waals surface area contributed by atoms with Crippen LogP contribution < -0.4 is 10.3 Å². The predicted octanol–water partition coefficient (Wildman–Crippen LogP) is 0.673. The smallest absolute Gasteiger partial charge is 0.453 e. The molecule has 17 heavy (non-hydrogen) atoms. The number of aryl methyl sites for hydroxylation is 1. The van der Waals surface area contributed by atoms with Crippen LogP contribution in [0, 0.1) is 18.4 Å². The molecule has 0 saturated heterocycles. The van der Waals surface area contributed by atoms with Gasteiger partial charge in [0.1, 0.15) is 5.75 Å². The molecule has 1 aromatic heterocycles. The third-order valence-electron chi connectivity index (χ3n) is 2.46. The van der Waals surface area contributed by atoms with E-state index in [-0.39, 0.29) is 5.75 Å². The van der Waals surface area contributed by atoms with E-state index in [9.17, 15) is 9.90 Å². The van der Waals surface area contributed by atoms with Crippen molar-refractivity contribution in [1.29, 1.82) is 5.26 Å². The normalized spacial score (nSPS) is 9.88. The van der Waals surface area contributed by atoms with E-state index in [4.69, 9.17) is 5.26 Å². The quantitative estimate of drug-likeness (QED) is 0.704. The minimum absolute atomic E-state index is 0.170. The number of hydrogen-bond donors (Lipinski definition) is 2. The molecular formula is C12H10N3O2+. The molecule has 0 amide bonds. The fourth-order valence-corrected chi connectivity index (χ4v) is 1.58. The van der Waals surface area contributed by atoms with Crippen molar-refractivity contribution < 1.29 is 9.67 Å². The Morgan fingerprint density at radius 3 is 2.59 bits per heavy atom. The zero-order valence-electron chi connectivity index (χ0n) is 9.14. The Kier molecular flexibility index (Phi) is 2.63. The van der Waals surface area contributed by atoms with Gasteiger partial charge >= 0.3 is 11.9 Å². The van der Waals surface area contributed by atoms with Crippen LogP contribution in [-0.2, 0) is 0 Å². The summed E-state index contributed by atoms with van der Waals surface area (Å²) in [7, 11) is 0. The van der Waals surface area contributed by atoms with Crippen LogP contribution in [0.25, 0.3) is 11.1 Å². The highest BCUT2D eigenvalue weighted by atomic mass is 16.3. The predicted molar refractivity (Wildman–Crippen MR) is 60.1 cm³/mol. The van der Waals surface area contributed by atoms with Crippen LogP contribution in [0.3, 0.4) is 0 Å². The molecule has 0 spiro atoms. The second kappa shape index (κ2) is 4.10. The monoisotopic (exact) mass is 228 g/mol. The molecule has 2 aromatic rings. The van der Waals surface area contributed by atoms with E-state index in [1.165, 1.54) is 6.20 Å². The molecule has 0 unspecified atom stereocenters. The van der Waals surface area contributed by atoms with Crippen molar-refractivity contribution in [1.82, 2.24) is 4.98 Å². The second-order valence-electron chi connectivity index (χ2n) is 3.61. The fourth-order valence-electron chi connectivity index (χ4n) is 1.58. The number of nitrogens with zero attached hydrogens (tertiary/aromatic N) is 2. The van der Waals surface area contributed by atoms with Gasteiger partial charge in [-0.25, -0.2) is 9.78 Å². The lowest BCUT2D eigenvalue weighted by Gasteiger charge is -2.03. The molecule has 2 rings (SSSR count). The van der Waals surface area contributed by atoms with E-state index in [1.807, 2.05) is 0 Å². The number of rotatable bonds is 1. The number of phenolic OH excluding ortho intramolecular Hbond substituents is 1. The van der Waals surface area contributed by atoms with Gasteiger partial charge in [-0.15, -0.1) is 4.57 Å². The van der Waals surface area contributed by atoms with Crippen molar-refractivity contribution >= 4 is 0 Å². The Bertz CT molecular complexity index is 651. The van der Waals surface area contributed by atoms with Crippen molar-refractivity contribution in [2.75, 3.05) is 0 Å². The van der Waals surface area contributed by atoms with Gasteiger partial charge in [0.15, 0.2) is 0 Å². The van der Waals surface area contributed by atoms with Crippen molar-refractivity contribution in [2.24, 2.45) is 0 Å². The summed E-state index contributed by atoms with van der Waals surface area (Å²) in [5.41, 5.74) is 1.77. The summed E-state index contributed by atoms with van der Waals surface area (Å²) in [4.78, 5) is 13.9. The van der Waals surface area contributed by atoms with Crippen LogP contribution in [0.5, 0.6) is 5.75 Å². The summed E-state index contributed by atoms with van der Waals surface area (Å²) < 4.78 is 0.926. The lowest BCUT2D eigenvalue weighted by molar-refractivity contribution is -0.605. The standard InChI is InChI=1S/C12H9N3O2/c1-8-11(6-15(7-13)12(17)14-8)9-2-4-10(16)5-3-9/h2-6,16H,1H3/p+1. The van der Waals surface area contributed by atoms with E-state index in [0.29, 0.717) is 5.69 Å². The van der Waals surface area contributed by atoms with E-state index in [1.54, 1.807) is 37.4 Å². The Morgan fingerprint density at radius 2 is 2.00 bits per heavy atom. The maximum atomic E-state index is 11.4. The molecule has 1 aromatic carbocycles. The highest BCUT2D eigenvalue weighted by Gasteiger charge is 2.10. The fraction of sp³-hybridized carbons (Fsp3) is 0.0833. The summed E-state index contributed by atoms with van der Waals surface area (Å²) in [6.07, 6.45) is 3.24. The first-order chi connectivity index (χ1) is 8.11. The molecule has 0 fully saturated rings. The highest BCUT2D eigenvalue weighted by Crippen LogP contribution is 2.21. The van der Waals surface area contributed by atoms with E-state index < -0.39 is 5.69 Å². The van der Waals surface area contributed by atoms with Gasteiger partial charge in [-0.05, 0) is 24.6 Å². The molecule has 1 heterocycles. The average Bonchev–Trinajstić information content (AvgIpc) is 2.31. The topological polar surface area (TPSA) is 80.8 Å². The molecule has 0 aliphatic carbocycles. The van der Waals surface area contributed by atoms with Crippen LogP contribution >= 0.6 is 0 Å². The third-order valence-corrected chi connectivity index (χ3v) is 2.46. The van der Waals surface area contributed by atoms with Crippen molar-refractivity contribution in [3.05, 3.63) is 46.6 Å². The largest absolute Gasteiger partial charge is 0.508 e. The van der Waals surface area contributed by atoms with Gasteiger partial charge in [-0.3, -0.25) is 0 Å². The van der Waals surface area contributed by atoms with Gasteiger partial charge in [0, 0.05) is 10.8 Å². The number of H-pyrrole nitrogens is 1. The van der Waals surface area contributed by atoms with Crippen molar-refractivity contribution in [3.8, 4) is 23.1 Å². The summed E-state index contributed by atoms with van der Waals surface area (Å²) in [6.45, 7) is 1.76. The SMILES string of the molecule is Cc1[nH]c(=O)[n+](C#N)cc1-c1ccc(O)cc1. The van der Waals surface area contributed by atoms with Gasteiger partial charge in [0.2, 0.25) is 0 Å². The zero-order valence-corrected chi connectivity index (χ0v) is 9.14. The van der Waals surface area contributed by atoms with Crippen LogP contribution in [0.4, 0.5) is 0 Å². The number of nitrogens with one attached hydrogen (secondary N) is 1. The highest BCUT2D eigenvalue weighted by molar-refractivity contribution is 5.64. The van der Waals surface area contributed by atoms with Crippen LogP contribution in [0.15, 0.2) is 35.3 Å². The molecule has 5 heteroatoms. The summed E-state index contributed by atoms with van der Waals surface area (Å²) in [6, 6.07) is 6.54. The molecule has 2 N–H and O–H groups in total. The second-order valence-corrected chi connectivity index (χ2v) is 3.61. The minimum atomic E-state index is -0.465. The number of aromatic amines is 1. The van der Waals surface area contributed by atoms with Crippen molar-refractivity contribution in [2.45, 2.75) is 6.92 Å². The van der Waals surface area contributed by atoms with E-state index in [0.717, 1.165) is 15.7 Å². The van der Waals surface area contributed by atoms with E-state index >= 15 is 0 Å². The third kappa shape index (κ3) is 2.01. The lowest BCUT2D eigenvalue weighted by Crippen LogP contribution is -2.47. The lowest BCUT2D eigenvalue weighted by atomic mass is 10.1. The first kappa shape index (κ1) is 10.9. The molecule has 0 aliphatic heterocycles. The summed E-state index contributed by atoms with van der Waals surface area (Å²) in [5, 5.41) is 18.0. The van der Waals surface area contributed by atoms with Gasteiger partial charge in [-0.1, -0.05) is 12.1 Å². The minimum Gasteiger partial charge on any atom is -0.508 e. The van der Waals surface area contributed by atoms with Gasteiger partial charge < -0.3 is 5.11 Å². The number of nitriles is 1.